The average Bonchev–Trinajstić information content (AvgIpc) is 3.02. The van der Waals surface area contributed by atoms with Gasteiger partial charge in [-0.2, -0.15) is 4.31 Å². The predicted molar refractivity (Wildman–Crippen MR) is 82.9 cm³/mol. The number of hydrogen-bond acceptors (Lipinski definition) is 5. The molecule has 3 rings (SSSR count). The van der Waals surface area contributed by atoms with Crippen molar-refractivity contribution in [2.45, 2.75) is 29.5 Å². The van der Waals surface area contributed by atoms with Gasteiger partial charge in [0.25, 0.3) is 10.0 Å². The van der Waals surface area contributed by atoms with Gasteiger partial charge in [-0.3, -0.25) is 0 Å². The summed E-state index contributed by atoms with van der Waals surface area (Å²) in [6.45, 7) is 2.11. The number of piperidine rings is 2. The maximum absolute atomic E-state index is 12.7. The van der Waals surface area contributed by atoms with Crippen LogP contribution in [0.5, 0.6) is 0 Å². The van der Waals surface area contributed by atoms with Crippen LogP contribution in [0.3, 0.4) is 0 Å². The predicted octanol–water partition coefficient (Wildman–Crippen LogP) is 1.22. The summed E-state index contributed by atoms with van der Waals surface area (Å²) in [6.07, 6.45) is 2.81. The van der Waals surface area contributed by atoms with Crippen molar-refractivity contribution in [2.24, 2.45) is 5.41 Å². The van der Waals surface area contributed by atoms with Crippen LogP contribution in [0.25, 0.3) is 0 Å². The molecule has 2 aliphatic heterocycles. The van der Waals surface area contributed by atoms with E-state index in [0.717, 1.165) is 25.8 Å². The lowest BCUT2D eigenvalue weighted by atomic mass is 9.69. The third-order valence-electron chi connectivity index (χ3n) is 5.06. The van der Waals surface area contributed by atoms with Gasteiger partial charge in [0.2, 0.25) is 0 Å². The molecular formula is C14H22N2O3S2. The van der Waals surface area contributed by atoms with E-state index >= 15 is 0 Å². The van der Waals surface area contributed by atoms with Crippen molar-refractivity contribution in [2.75, 3.05) is 33.3 Å². The zero-order chi connectivity index (χ0) is 15.1. The van der Waals surface area contributed by atoms with Gasteiger partial charge in [0.15, 0.2) is 0 Å². The monoisotopic (exact) mass is 330 g/mol. The van der Waals surface area contributed by atoms with Crippen LogP contribution in [0.2, 0.25) is 0 Å². The van der Waals surface area contributed by atoms with Crippen molar-refractivity contribution in [3.8, 4) is 0 Å². The van der Waals surface area contributed by atoms with Gasteiger partial charge in [0.05, 0.1) is 6.61 Å². The fraction of sp³-hybridized carbons (Fsp3) is 0.714. The lowest BCUT2D eigenvalue weighted by Gasteiger charge is -2.53. The molecule has 2 saturated heterocycles. The average molecular weight is 330 g/mol. The summed E-state index contributed by atoms with van der Waals surface area (Å²) < 4.78 is 27.4. The van der Waals surface area contributed by atoms with Crippen molar-refractivity contribution >= 4 is 21.4 Å². The van der Waals surface area contributed by atoms with Gasteiger partial charge >= 0.3 is 0 Å². The Balaban J connectivity index is 1.86. The van der Waals surface area contributed by atoms with E-state index in [9.17, 15) is 13.5 Å². The molecule has 1 N–H and O–H groups in total. The first-order valence-corrected chi connectivity index (χ1v) is 9.66. The van der Waals surface area contributed by atoms with E-state index < -0.39 is 10.0 Å². The number of hydrogen-bond donors (Lipinski definition) is 1. The molecule has 0 radical (unpaired) electrons. The van der Waals surface area contributed by atoms with E-state index in [-0.39, 0.29) is 18.1 Å². The second-order valence-corrected chi connectivity index (χ2v) is 9.28. The summed E-state index contributed by atoms with van der Waals surface area (Å²) in [5.41, 5.74) is -0.130. The zero-order valence-electron chi connectivity index (χ0n) is 12.2. The Bertz CT molecular complexity index is 587. The van der Waals surface area contributed by atoms with Gasteiger partial charge in [-0.1, -0.05) is 6.07 Å². The van der Waals surface area contributed by atoms with Crippen LogP contribution in [-0.2, 0) is 10.0 Å². The molecular weight excluding hydrogens is 308 g/mol. The summed E-state index contributed by atoms with van der Waals surface area (Å²) in [7, 11) is -1.35. The molecule has 5 nitrogen and oxygen atoms in total. The number of aliphatic hydroxyl groups is 1. The molecule has 1 aromatic rings. The minimum absolute atomic E-state index is 0.111. The van der Waals surface area contributed by atoms with Crippen LogP contribution < -0.4 is 0 Å². The standard InChI is InChI=1S/C14H22N2O3S2/c1-15-7-3-5-14(11-17)6-8-16(10-12(14)15)21(18,19)13-4-2-9-20-13/h2,4,9,12,17H,3,5-8,10-11H2,1H3/t12-,14-/m1/s1. The number of sulfonamides is 1. The molecule has 3 heterocycles. The van der Waals surface area contributed by atoms with Gasteiger partial charge < -0.3 is 10.0 Å². The van der Waals surface area contributed by atoms with Crippen LogP contribution in [0.1, 0.15) is 19.3 Å². The summed E-state index contributed by atoms with van der Waals surface area (Å²) in [5.74, 6) is 0. The molecule has 21 heavy (non-hydrogen) atoms. The summed E-state index contributed by atoms with van der Waals surface area (Å²) >= 11 is 1.27. The molecule has 2 atom stereocenters. The lowest BCUT2D eigenvalue weighted by Crippen LogP contribution is -2.62. The molecule has 0 amide bonds. The molecule has 1 aromatic heterocycles. The van der Waals surface area contributed by atoms with Crippen LogP contribution in [0.15, 0.2) is 21.7 Å². The quantitative estimate of drug-likeness (QED) is 0.905. The zero-order valence-corrected chi connectivity index (χ0v) is 13.9. The Hall–Kier alpha value is -0.470. The molecule has 0 aliphatic carbocycles. The molecule has 2 aliphatic rings. The molecule has 0 aromatic carbocycles. The van der Waals surface area contributed by atoms with E-state index in [1.165, 1.54) is 11.3 Å². The molecule has 0 bridgehead atoms. The number of rotatable bonds is 3. The highest BCUT2D eigenvalue weighted by molar-refractivity contribution is 7.91. The fourth-order valence-corrected chi connectivity index (χ4v) is 6.34. The van der Waals surface area contributed by atoms with Crippen LogP contribution in [-0.4, -0.2) is 62.1 Å². The van der Waals surface area contributed by atoms with Crippen LogP contribution in [0, 0.1) is 5.41 Å². The number of thiophene rings is 1. The minimum Gasteiger partial charge on any atom is -0.396 e. The molecule has 118 valence electrons. The Morgan fingerprint density at radius 2 is 2.24 bits per heavy atom. The van der Waals surface area contributed by atoms with Crippen molar-refractivity contribution in [3.05, 3.63) is 17.5 Å². The van der Waals surface area contributed by atoms with E-state index in [4.69, 9.17) is 0 Å². The number of nitrogens with zero attached hydrogens (tertiary/aromatic N) is 2. The molecule has 2 fully saturated rings. The van der Waals surface area contributed by atoms with Crippen molar-refractivity contribution in [1.29, 1.82) is 0 Å². The van der Waals surface area contributed by atoms with E-state index in [1.54, 1.807) is 21.8 Å². The van der Waals surface area contributed by atoms with Crippen LogP contribution >= 0.6 is 11.3 Å². The van der Waals surface area contributed by atoms with Crippen molar-refractivity contribution in [3.63, 3.8) is 0 Å². The van der Waals surface area contributed by atoms with Crippen molar-refractivity contribution < 1.29 is 13.5 Å². The van der Waals surface area contributed by atoms with E-state index in [2.05, 4.69) is 4.90 Å². The third kappa shape index (κ3) is 2.55. The van der Waals surface area contributed by atoms with E-state index in [0.29, 0.717) is 17.3 Å². The maximum atomic E-state index is 12.7. The van der Waals surface area contributed by atoms with E-state index in [1.807, 2.05) is 7.05 Å². The number of fused-ring (bicyclic) bond motifs is 1. The Morgan fingerprint density at radius 3 is 2.90 bits per heavy atom. The third-order valence-corrected chi connectivity index (χ3v) is 8.30. The second-order valence-electron chi connectivity index (χ2n) is 6.17. The summed E-state index contributed by atoms with van der Waals surface area (Å²) in [6, 6.07) is 3.55. The molecule has 7 heteroatoms. The first-order valence-electron chi connectivity index (χ1n) is 7.34. The Labute approximate surface area is 130 Å². The highest BCUT2D eigenvalue weighted by atomic mass is 32.2. The molecule has 0 unspecified atom stereocenters. The van der Waals surface area contributed by atoms with Gasteiger partial charge in [0, 0.05) is 24.5 Å². The van der Waals surface area contributed by atoms with Gasteiger partial charge in [-0.05, 0) is 44.3 Å². The van der Waals surface area contributed by atoms with Gasteiger partial charge in [0.1, 0.15) is 4.21 Å². The maximum Gasteiger partial charge on any atom is 0.252 e. The first-order chi connectivity index (χ1) is 9.99. The highest BCUT2D eigenvalue weighted by Gasteiger charge is 2.48. The molecule has 0 spiro atoms. The largest absolute Gasteiger partial charge is 0.396 e. The molecule has 0 saturated carbocycles. The first kappa shape index (κ1) is 15.4. The van der Waals surface area contributed by atoms with Gasteiger partial charge in [-0.25, -0.2) is 8.42 Å². The smallest absolute Gasteiger partial charge is 0.252 e. The fourth-order valence-electron chi connectivity index (χ4n) is 3.75. The normalized spacial score (nSPS) is 32.0. The summed E-state index contributed by atoms with van der Waals surface area (Å²) in [5, 5.41) is 11.7. The summed E-state index contributed by atoms with van der Waals surface area (Å²) in [4.78, 5) is 2.22. The number of likely N-dealkylation sites (N-methyl/N-ethyl adjacent to an activating group) is 1. The minimum atomic E-state index is -3.38. The van der Waals surface area contributed by atoms with Gasteiger partial charge in [-0.15, -0.1) is 11.3 Å². The van der Waals surface area contributed by atoms with Crippen LogP contribution in [0.4, 0.5) is 0 Å². The second kappa shape index (κ2) is 5.62. The van der Waals surface area contributed by atoms with Crippen molar-refractivity contribution in [1.82, 2.24) is 9.21 Å². The lowest BCUT2D eigenvalue weighted by molar-refractivity contribution is -0.0508. The number of likely N-dealkylation sites (tertiary alicyclic amines) is 1. The Morgan fingerprint density at radius 1 is 1.43 bits per heavy atom. The Kier molecular flexibility index (Phi) is 4.13. The topological polar surface area (TPSA) is 60.9 Å². The number of aliphatic hydroxyl groups excluding tert-OH is 1. The highest BCUT2D eigenvalue weighted by Crippen LogP contribution is 2.42. The SMILES string of the molecule is CN1CCC[C@]2(CO)CCN(S(=O)(=O)c3cccs3)C[C@@H]12.